The first-order chi connectivity index (χ1) is 10.1. The van der Waals surface area contributed by atoms with E-state index in [2.05, 4.69) is 44.3 Å². The molecule has 3 heteroatoms. The molecule has 2 atom stereocenters. The summed E-state index contributed by atoms with van der Waals surface area (Å²) in [7, 11) is 1.74. The Kier molecular flexibility index (Phi) is 5.80. The Labute approximate surface area is 129 Å². The summed E-state index contributed by atoms with van der Waals surface area (Å²) in [4.78, 5) is 0. The minimum Gasteiger partial charge on any atom is -0.383 e. The number of ether oxygens (including phenoxy) is 2. The molecule has 21 heavy (non-hydrogen) atoms. The van der Waals surface area contributed by atoms with E-state index in [9.17, 15) is 0 Å². The molecule has 1 aliphatic heterocycles. The molecule has 1 aromatic carbocycles. The summed E-state index contributed by atoms with van der Waals surface area (Å²) in [6, 6.07) is 6.76. The molecule has 118 valence electrons. The predicted octanol–water partition coefficient (Wildman–Crippen LogP) is 2.88. The van der Waals surface area contributed by atoms with Crippen LogP contribution in [0.25, 0.3) is 0 Å². The Morgan fingerprint density at radius 2 is 2.19 bits per heavy atom. The molecule has 0 radical (unpaired) electrons. The van der Waals surface area contributed by atoms with Crippen LogP contribution in [0.15, 0.2) is 18.2 Å². The molecular weight excluding hydrogens is 262 g/mol. The standard InChI is InChI=1S/C18H29NO2/c1-14-5-6-15(2)17(11-14)12-18(7-9-21-16(18)3)13-19-8-10-20-4/h5-6,11,16,19H,7-10,12-13H2,1-4H3. The van der Waals surface area contributed by atoms with Crippen LogP contribution in [0.4, 0.5) is 0 Å². The molecule has 0 aliphatic carbocycles. The van der Waals surface area contributed by atoms with E-state index < -0.39 is 0 Å². The molecule has 0 bridgehead atoms. The molecule has 1 aliphatic rings. The first-order valence-electron chi connectivity index (χ1n) is 7.95. The molecule has 0 aromatic heterocycles. The van der Waals surface area contributed by atoms with Gasteiger partial charge in [0.2, 0.25) is 0 Å². The lowest BCUT2D eigenvalue weighted by Crippen LogP contribution is -2.42. The first kappa shape index (κ1) is 16.5. The second-order valence-electron chi connectivity index (χ2n) is 6.40. The molecular formula is C18H29NO2. The van der Waals surface area contributed by atoms with Crippen molar-refractivity contribution < 1.29 is 9.47 Å². The Morgan fingerprint density at radius 3 is 2.86 bits per heavy atom. The van der Waals surface area contributed by atoms with Gasteiger partial charge in [-0.2, -0.15) is 0 Å². The first-order valence-corrected chi connectivity index (χ1v) is 7.95. The van der Waals surface area contributed by atoms with Crippen molar-refractivity contribution in [1.82, 2.24) is 5.32 Å². The fourth-order valence-electron chi connectivity index (χ4n) is 3.23. The summed E-state index contributed by atoms with van der Waals surface area (Å²) in [5.74, 6) is 0. The van der Waals surface area contributed by atoms with Crippen LogP contribution in [0.1, 0.15) is 30.0 Å². The second-order valence-corrected chi connectivity index (χ2v) is 6.40. The van der Waals surface area contributed by atoms with Gasteiger partial charge < -0.3 is 14.8 Å². The van der Waals surface area contributed by atoms with Gasteiger partial charge >= 0.3 is 0 Å². The zero-order valence-electron chi connectivity index (χ0n) is 13.9. The highest BCUT2D eigenvalue weighted by atomic mass is 16.5. The maximum absolute atomic E-state index is 5.90. The van der Waals surface area contributed by atoms with E-state index >= 15 is 0 Å². The number of hydrogen-bond acceptors (Lipinski definition) is 3. The zero-order chi connectivity index (χ0) is 15.3. The van der Waals surface area contributed by atoms with Crippen LogP contribution < -0.4 is 5.32 Å². The number of hydrogen-bond donors (Lipinski definition) is 1. The third-order valence-corrected chi connectivity index (χ3v) is 4.84. The van der Waals surface area contributed by atoms with Crippen LogP contribution in [0.2, 0.25) is 0 Å². The highest BCUT2D eigenvalue weighted by Crippen LogP contribution is 2.38. The van der Waals surface area contributed by atoms with Gasteiger partial charge in [0.05, 0.1) is 12.7 Å². The number of rotatable bonds is 7. The van der Waals surface area contributed by atoms with E-state index in [-0.39, 0.29) is 5.41 Å². The van der Waals surface area contributed by atoms with Gasteiger partial charge in [0.1, 0.15) is 0 Å². The van der Waals surface area contributed by atoms with E-state index in [1.54, 1.807) is 7.11 Å². The van der Waals surface area contributed by atoms with Crippen LogP contribution in [-0.2, 0) is 15.9 Å². The Hall–Kier alpha value is -0.900. The molecule has 0 saturated carbocycles. The largest absolute Gasteiger partial charge is 0.383 e. The van der Waals surface area contributed by atoms with E-state index in [4.69, 9.17) is 9.47 Å². The van der Waals surface area contributed by atoms with Gasteiger partial charge in [0, 0.05) is 32.2 Å². The van der Waals surface area contributed by atoms with Crippen molar-refractivity contribution in [3.05, 3.63) is 34.9 Å². The normalized spacial score (nSPS) is 25.4. The van der Waals surface area contributed by atoms with E-state index in [0.717, 1.165) is 39.1 Å². The van der Waals surface area contributed by atoms with Crippen LogP contribution in [-0.4, -0.2) is 39.5 Å². The van der Waals surface area contributed by atoms with Crippen molar-refractivity contribution >= 4 is 0 Å². The van der Waals surface area contributed by atoms with Gasteiger partial charge in [-0.15, -0.1) is 0 Å². The molecule has 3 nitrogen and oxygen atoms in total. The quantitative estimate of drug-likeness (QED) is 0.784. The van der Waals surface area contributed by atoms with Crippen molar-refractivity contribution in [2.45, 2.75) is 39.7 Å². The molecule has 1 N–H and O–H groups in total. The zero-order valence-corrected chi connectivity index (χ0v) is 13.9. The average molecular weight is 291 g/mol. The van der Waals surface area contributed by atoms with Crippen molar-refractivity contribution in [3.63, 3.8) is 0 Å². The molecule has 2 rings (SSSR count). The van der Waals surface area contributed by atoms with Gasteiger partial charge in [-0.05, 0) is 44.7 Å². The predicted molar refractivity (Wildman–Crippen MR) is 86.8 cm³/mol. The van der Waals surface area contributed by atoms with Crippen LogP contribution in [0.3, 0.4) is 0 Å². The van der Waals surface area contributed by atoms with Gasteiger partial charge in [-0.3, -0.25) is 0 Å². The lowest BCUT2D eigenvalue weighted by Gasteiger charge is -2.33. The highest BCUT2D eigenvalue weighted by Gasteiger charge is 2.41. The Balaban J connectivity index is 2.11. The fourth-order valence-corrected chi connectivity index (χ4v) is 3.23. The summed E-state index contributed by atoms with van der Waals surface area (Å²) in [6.45, 7) is 10.1. The molecule has 1 fully saturated rings. The molecule has 2 unspecified atom stereocenters. The van der Waals surface area contributed by atoms with E-state index in [1.807, 2.05) is 0 Å². The summed E-state index contributed by atoms with van der Waals surface area (Å²) < 4.78 is 11.0. The molecule has 0 spiro atoms. The molecule has 0 amide bonds. The van der Waals surface area contributed by atoms with Gasteiger partial charge in [-0.25, -0.2) is 0 Å². The second kappa shape index (κ2) is 7.39. The third-order valence-electron chi connectivity index (χ3n) is 4.84. The monoisotopic (exact) mass is 291 g/mol. The van der Waals surface area contributed by atoms with Gasteiger partial charge in [0.25, 0.3) is 0 Å². The van der Waals surface area contributed by atoms with Crippen LogP contribution in [0, 0.1) is 19.3 Å². The maximum Gasteiger partial charge on any atom is 0.0619 e. The summed E-state index contributed by atoms with van der Waals surface area (Å²) in [6.07, 6.45) is 2.51. The number of aryl methyl sites for hydroxylation is 2. The SMILES string of the molecule is COCCNCC1(Cc2cc(C)ccc2C)CCOC1C. The summed E-state index contributed by atoms with van der Waals surface area (Å²) in [5.41, 5.74) is 4.38. The number of nitrogens with one attached hydrogen (secondary N) is 1. The minimum absolute atomic E-state index is 0.201. The molecule has 1 aromatic rings. The van der Waals surface area contributed by atoms with Crippen molar-refractivity contribution in [2.24, 2.45) is 5.41 Å². The smallest absolute Gasteiger partial charge is 0.0619 e. The van der Waals surface area contributed by atoms with Gasteiger partial charge in [-0.1, -0.05) is 23.8 Å². The third kappa shape index (κ3) is 4.06. The Morgan fingerprint density at radius 1 is 1.38 bits per heavy atom. The lowest BCUT2D eigenvalue weighted by atomic mass is 9.75. The lowest BCUT2D eigenvalue weighted by molar-refractivity contribution is 0.0619. The number of methoxy groups -OCH3 is 1. The van der Waals surface area contributed by atoms with Crippen molar-refractivity contribution in [2.75, 3.05) is 33.4 Å². The molecule has 1 saturated heterocycles. The topological polar surface area (TPSA) is 30.5 Å². The van der Waals surface area contributed by atoms with Gasteiger partial charge in [0.15, 0.2) is 0 Å². The van der Waals surface area contributed by atoms with E-state index in [1.165, 1.54) is 16.7 Å². The Bertz CT molecular complexity index is 461. The van der Waals surface area contributed by atoms with Crippen LogP contribution in [0.5, 0.6) is 0 Å². The molecule has 1 heterocycles. The summed E-state index contributed by atoms with van der Waals surface area (Å²) >= 11 is 0. The van der Waals surface area contributed by atoms with Crippen molar-refractivity contribution in [3.8, 4) is 0 Å². The maximum atomic E-state index is 5.90. The highest BCUT2D eigenvalue weighted by molar-refractivity contribution is 5.31. The minimum atomic E-state index is 0.201. The fraction of sp³-hybridized carbons (Fsp3) is 0.667. The average Bonchev–Trinajstić information content (AvgIpc) is 2.81. The van der Waals surface area contributed by atoms with Crippen LogP contribution >= 0.6 is 0 Å². The van der Waals surface area contributed by atoms with E-state index in [0.29, 0.717) is 6.10 Å². The summed E-state index contributed by atoms with van der Waals surface area (Å²) in [5, 5.41) is 3.55. The van der Waals surface area contributed by atoms with Crippen molar-refractivity contribution in [1.29, 1.82) is 0 Å². The number of benzene rings is 1.